The third-order valence-corrected chi connectivity index (χ3v) is 16.6. The van der Waals surface area contributed by atoms with Crippen LogP contribution in [-0.2, 0) is 58.1 Å². The van der Waals surface area contributed by atoms with Crippen molar-refractivity contribution in [2.24, 2.45) is 0 Å². The maximum Gasteiger partial charge on any atom is 1.00 e. The molecule has 23 heteroatoms. The first-order chi connectivity index (χ1) is 48.4. The number of aromatic nitrogens is 6. The molecule has 0 aliphatic carbocycles. The van der Waals surface area contributed by atoms with Gasteiger partial charge in [0, 0.05) is 56.5 Å². The van der Waals surface area contributed by atoms with Crippen LogP contribution in [-0.4, -0.2) is 113 Å². The molecule has 0 saturated heterocycles. The number of nitrogens with one attached hydrogen (secondary N) is 1. The molecule has 0 radical (unpaired) electrons. The van der Waals surface area contributed by atoms with Crippen LogP contribution < -0.4 is 123 Å². The summed E-state index contributed by atoms with van der Waals surface area (Å²) in [7, 11) is 2.74. The Labute approximate surface area is 682 Å². The van der Waals surface area contributed by atoms with Crippen molar-refractivity contribution in [2.45, 2.75) is 46.3 Å². The summed E-state index contributed by atoms with van der Waals surface area (Å²) in [6.45, 7) is 5.26. The van der Waals surface area contributed by atoms with Crippen LogP contribution in [0.15, 0.2) is 223 Å². The number of hydrogen-bond donors (Lipinski definition) is 3. The van der Waals surface area contributed by atoms with Gasteiger partial charge in [-0.25, -0.2) is 44.3 Å². The van der Waals surface area contributed by atoms with Gasteiger partial charge < -0.3 is 46.4 Å². The monoisotopic (exact) mass is 1470 g/mol. The Morgan fingerprint density at radius 1 is 0.515 bits per heavy atom. The number of alkyl halides is 1. The van der Waals surface area contributed by atoms with E-state index in [4.69, 9.17) is 45.9 Å². The summed E-state index contributed by atoms with van der Waals surface area (Å²) in [5, 5.41) is 28.1. The van der Waals surface area contributed by atoms with Gasteiger partial charge in [0.15, 0.2) is 11.6 Å². The second-order valence-electron chi connectivity index (χ2n) is 21.9. The quantitative estimate of drug-likeness (QED) is 0.0410. The molecule has 0 spiro atoms. The number of methoxy groups -OCH3 is 2. The molecule has 9 aromatic carbocycles. The van der Waals surface area contributed by atoms with Crippen molar-refractivity contribution < 1.29 is 159 Å². The van der Waals surface area contributed by atoms with Crippen molar-refractivity contribution in [1.29, 1.82) is 0 Å². The van der Waals surface area contributed by atoms with E-state index in [1.807, 2.05) is 84.9 Å². The first-order valence-electron chi connectivity index (χ1n) is 31.7. The number of carbonyl (C=O) groups is 4. The Kier molecular flexibility index (Phi) is 33.3. The van der Waals surface area contributed by atoms with Gasteiger partial charge in [-0.3, -0.25) is 9.18 Å². The third kappa shape index (κ3) is 21.6. The number of benzene rings is 9. The molecular formula is C78H75BrFK2N9O10. The molecule has 15 rings (SSSR count). The number of carboxylic acids is 1. The standard InChI is InChI=1S/C25H21N3O2.C24H19N3O2.C16H11BrN2O2.C9H11N.CH3F.CH2O3.CH4O.CH4.2K.H/c1-30-25(29)19-11-12-21-22(15-19)27-24(23(26-21)18-8-3-2-4-9-18)28-14-13-17-7-5-6-10-20(17)16-28;28-24(29)18-10-11-20-21(14-18)26-23(22(25-20)17-7-2-1-3-8-17)27-13-12-16-6-4-5-9-19(16)15-27;1-21-16(20)11-7-8-12-13(9-11)19-15(17)14(18-12)10-5-3-2-4-6-10;1-2-4-9-7-10-6-5-8(9)3-1;1-2;2-1-4-3;1-2;;;;/h2-12,15H,13-14,16H2,1H3;1-11,14H,12-13,15H2,(H,28,29);2-9H,1H3;1-4,10H,5-7H2;1H3;1,3H;2H,1H3;1H4;;;/q;;;;;;;;2*+1;-1/p-1/i;;;;1D;;;;;;. The molecule has 6 heterocycles. The number of halogens is 2. The predicted molar refractivity (Wildman–Crippen MR) is 387 cm³/mol. The number of nitrogens with zero attached hydrogens (tertiary/aromatic N) is 8. The van der Waals surface area contributed by atoms with Crippen LogP contribution >= 0.6 is 15.9 Å². The number of anilines is 2. The Morgan fingerprint density at radius 3 is 1.24 bits per heavy atom. The van der Waals surface area contributed by atoms with E-state index in [1.54, 1.807) is 48.5 Å². The Balaban J connectivity index is 0.000000244. The largest absolute Gasteiger partial charge is 1.00 e. The molecule has 3 aliphatic rings. The van der Waals surface area contributed by atoms with Crippen LogP contribution in [0.2, 0.25) is 0 Å². The fourth-order valence-electron chi connectivity index (χ4n) is 11.3. The molecule has 19 nitrogen and oxygen atoms in total. The summed E-state index contributed by atoms with van der Waals surface area (Å²) in [6, 6.07) is 70.9. The van der Waals surface area contributed by atoms with E-state index in [0.29, 0.717) is 37.8 Å². The fourth-order valence-corrected chi connectivity index (χ4v) is 11.8. The number of rotatable bonds is 9. The Morgan fingerprint density at radius 2 is 0.851 bits per heavy atom. The molecule has 3 aliphatic heterocycles. The van der Waals surface area contributed by atoms with Gasteiger partial charge in [0.25, 0.3) is 6.47 Å². The number of carbonyl (C=O) groups excluding carboxylic acids is 3. The molecule has 101 heavy (non-hydrogen) atoms. The third-order valence-electron chi connectivity index (χ3n) is 16.0. The molecule has 0 unspecified atom stereocenters. The van der Waals surface area contributed by atoms with Crippen molar-refractivity contribution in [3.05, 3.63) is 273 Å². The van der Waals surface area contributed by atoms with Crippen molar-refractivity contribution in [3.63, 3.8) is 0 Å². The van der Waals surface area contributed by atoms with E-state index in [9.17, 15) is 23.9 Å². The van der Waals surface area contributed by atoms with E-state index in [0.717, 1.165) is 116 Å². The molecule has 12 aromatic rings. The Hall–Kier alpha value is -7.96. The summed E-state index contributed by atoms with van der Waals surface area (Å²) < 4.78 is 25.7. The zero-order valence-electron chi connectivity index (χ0n) is 57.9. The van der Waals surface area contributed by atoms with E-state index >= 15 is 0 Å². The second kappa shape index (κ2) is 41.8. The number of esters is 2. The molecular weight excluding hydrogens is 1400 g/mol. The molecule has 3 aromatic heterocycles. The number of aromatic carboxylic acids is 1. The van der Waals surface area contributed by atoms with Crippen LogP contribution in [0.25, 0.3) is 66.9 Å². The number of aliphatic hydroxyl groups excluding tert-OH is 1. The molecule has 3 N–H and O–H groups in total. The fraction of sp³-hybridized carbons (Fsp3) is 0.179. The van der Waals surface area contributed by atoms with Gasteiger partial charge in [-0.05, 0) is 130 Å². The smallest absolute Gasteiger partial charge is 1.00 e. The number of fused-ring (bicyclic) bond motifs is 6. The number of hydrogen-bond acceptors (Lipinski definition) is 18. The van der Waals surface area contributed by atoms with Crippen LogP contribution in [0, 0.1) is 0 Å². The summed E-state index contributed by atoms with van der Waals surface area (Å²) in [6.07, 6.45) is 3.10. The zero-order valence-corrected chi connectivity index (χ0v) is 63.8. The van der Waals surface area contributed by atoms with Gasteiger partial charge in [-0.2, -0.15) is 0 Å². The molecule has 0 bridgehead atoms. The van der Waals surface area contributed by atoms with Crippen molar-refractivity contribution in [3.8, 4) is 33.8 Å². The van der Waals surface area contributed by atoms with Crippen molar-refractivity contribution in [2.75, 3.05) is 57.9 Å². The summed E-state index contributed by atoms with van der Waals surface area (Å²) >= 11 is 3.44. The van der Waals surface area contributed by atoms with Gasteiger partial charge in [0.2, 0.25) is 0 Å². The normalized spacial score (nSPS) is 12.0. The van der Waals surface area contributed by atoms with Crippen molar-refractivity contribution in [1.82, 2.24) is 35.2 Å². The van der Waals surface area contributed by atoms with Gasteiger partial charge in [-0.15, -0.1) is 0 Å². The zero-order chi connectivity index (χ0) is 70.0. The first-order valence-corrected chi connectivity index (χ1v) is 31.8. The summed E-state index contributed by atoms with van der Waals surface area (Å²) in [4.78, 5) is 79.5. The molecule has 0 amide bonds. The van der Waals surface area contributed by atoms with E-state index in [1.165, 1.54) is 54.0 Å². The molecule has 0 fully saturated rings. The number of carboxylic acid groups (broad SMARTS) is 1. The van der Waals surface area contributed by atoms with Crippen LogP contribution in [0.1, 0.15) is 74.7 Å². The topological polar surface area (TPSA) is 255 Å². The Bertz CT molecular complexity index is 4720. The number of aliphatic hydroxyl groups is 1. The number of ether oxygens (including phenoxy) is 2. The van der Waals surface area contributed by atoms with Crippen LogP contribution in [0.5, 0.6) is 0 Å². The average Bonchev–Trinajstić information content (AvgIpc) is 0.780. The van der Waals surface area contributed by atoms with Crippen LogP contribution in [0.3, 0.4) is 0 Å². The maximum absolute atomic E-state index is 12.0. The minimum Gasteiger partial charge on any atom is -1.00 e. The molecule has 508 valence electrons. The predicted octanol–water partition coefficient (Wildman–Crippen LogP) is 7.77. The van der Waals surface area contributed by atoms with Gasteiger partial charge in [-0.1, -0.05) is 171 Å². The van der Waals surface area contributed by atoms with Crippen molar-refractivity contribution >= 4 is 85.0 Å². The molecule has 0 saturated carbocycles. The maximum atomic E-state index is 12.0. The minimum absolute atomic E-state index is 0. The van der Waals surface area contributed by atoms with Crippen LogP contribution in [0.4, 0.5) is 16.0 Å². The van der Waals surface area contributed by atoms with E-state index in [2.05, 4.69) is 131 Å². The van der Waals surface area contributed by atoms with Gasteiger partial charge in [0.05, 0.1) is 72.5 Å². The SMILES string of the molecule is C.CO.COC(=O)c1ccc2nc(-c3ccccc3)c(Br)nc2c1.COC(=O)c1ccc2nc(-c3ccccc3)c(N3CCc4ccccc4C3)nc2c1.O=C(O)c1ccc2nc(-c3ccccc3)c(N3CCc4ccccc4C3)nc2c1.O=CO[O-].[2H]CF.[H-].[K+].[K+].c1ccc2c(c1)CCNC2. The summed E-state index contributed by atoms with van der Waals surface area (Å²) in [5.74, 6) is -0.0958. The van der Waals surface area contributed by atoms with Gasteiger partial charge >= 0.3 is 121 Å². The molecule has 0 atom stereocenters. The first kappa shape index (κ1) is 80.4. The second-order valence-corrected chi connectivity index (χ2v) is 22.7. The average molecular weight is 1480 g/mol. The van der Waals surface area contributed by atoms with Gasteiger partial charge in [0.1, 0.15) is 21.7 Å². The van der Waals surface area contributed by atoms with E-state index < -0.39 is 13.1 Å². The summed E-state index contributed by atoms with van der Waals surface area (Å²) in [5.41, 5.74) is 19.0. The minimum atomic E-state index is -1.00. The van der Waals surface area contributed by atoms with E-state index in [-0.39, 0.29) is 136 Å².